The van der Waals surface area contributed by atoms with Crippen LogP contribution in [0.3, 0.4) is 0 Å². The Morgan fingerprint density at radius 1 is 1.42 bits per heavy atom. The summed E-state index contributed by atoms with van der Waals surface area (Å²) in [6.45, 7) is 2.01. The first-order chi connectivity index (χ1) is 9.02. The molecule has 0 aromatic carbocycles. The first-order valence-corrected chi connectivity index (χ1v) is 7.41. The molecule has 1 aromatic rings. The third-order valence-corrected chi connectivity index (χ3v) is 3.90. The lowest BCUT2D eigenvalue weighted by Gasteiger charge is -2.12. The van der Waals surface area contributed by atoms with Gasteiger partial charge >= 0.3 is 0 Å². The molecule has 1 heterocycles. The van der Waals surface area contributed by atoms with Crippen molar-refractivity contribution in [3.8, 4) is 0 Å². The topological polar surface area (TPSA) is 66.4 Å². The van der Waals surface area contributed by atoms with Gasteiger partial charge in [0.2, 0.25) is 5.91 Å². The summed E-state index contributed by atoms with van der Waals surface area (Å²) >= 11 is 6.98. The average Bonchev–Trinajstić information content (AvgIpc) is 2.80. The number of carbonyl (C=O) groups is 2. The van der Waals surface area contributed by atoms with E-state index in [1.54, 1.807) is 12.1 Å². The first-order valence-electron chi connectivity index (χ1n) is 6.21. The lowest BCUT2D eigenvalue weighted by molar-refractivity contribution is -0.121. The van der Waals surface area contributed by atoms with E-state index in [0.717, 1.165) is 6.42 Å². The fraction of sp³-hybridized carbons (Fsp3) is 0.538. The quantitative estimate of drug-likeness (QED) is 0.726. The third kappa shape index (κ3) is 6.18. The molecule has 0 aliphatic heterocycles. The molecule has 0 radical (unpaired) electrons. The van der Waals surface area contributed by atoms with E-state index >= 15 is 0 Å². The van der Waals surface area contributed by atoms with Crippen LogP contribution in [0.15, 0.2) is 12.1 Å². The molecule has 0 fully saturated rings. The first kappa shape index (κ1) is 16.1. The van der Waals surface area contributed by atoms with Crippen molar-refractivity contribution in [2.45, 2.75) is 38.6 Å². The minimum Gasteiger partial charge on any atom is -0.396 e. The van der Waals surface area contributed by atoms with Gasteiger partial charge < -0.3 is 10.4 Å². The lowest BCUT2D eigenvalue weighted by atomic mass is 10.1. The van der Waals surface area contributed by atoms with Crippen molar-refractivity contribution < 1.29 is 14.7 Å². The fourth-order valence-corrected chi connectivity index (χ4v) is 2.64. The molecule has 2 N–H and O–H groups in total. The van der Waals surface area contributed by atoms with Crippen molar-refractivity contribution in [3.05, 3.63) is 21.3 Å². The van der Waals surface area contributed by atoms with E-state index in [0.29, 0.717) is 15.6 Å². The zero-order chi connectivity index (χ0) is 14.3. The molecule has 0 saturated heterocycles. The third-order valence-electron chi connectivity index (χ3n) is 2.63. The molecule has 0 aliphatic carbocycles. The number of nitrogens with one attached hydrogen (secondary N) is 1. The van der Waals surface area contributed by atoms with Gasteiger partial charge in [-0.2, -0.15) is 0 Å². The summed E-state index contributed by atoms with van der Waals surface area (Å²) in [5, 5.41) is 11.5. The van der Waals surface area contributed by atoms with E-state index in [9.17, 15) is 9.59 Å². The number of thiophene rings is 1. The van der Waals surface area contributed by atoms with E-state index in [1.165, 1.54) is 11.3 Å². The zero-order valence-electron chi connectivity index (χ0n) is 10.8. The smallest absolute Gasteiger partial charge is 0.220 e. The van der Waals surface area contributed by atoms with Crippen LogP contribution in [0, 0.1) is 0 Å². The Morgan fingerprint density at radius 3 is 2.74 bits per heavy atom. The highest BCUT2D eigenvalue weighted by molar-refractivity contribution is 7.18. The van der Waals surface area contributed by atoms with Gasteiger partial charge in [0, 0.05) is 25.5 Å². The van der Waals surface area contributed by atoms with Crippen molar-refractivity contribution in [2.24, 2.45) is 0 Å². The van der Waals surface area contributed by atoms with Crippen molar-refractivity contribution in [2.75, 3.05) is 6.61 Å². The van der Waals surface area contributed by atoms with Crippen LogP contribution in [0.4, 0.5) is 0 Å². The van der Waals surface area contributed by atoms with Crippen molar-refractivity contribution >= 4 is 34.6 Å². The molecular weight excluding hydrogens is 286 g/mol. The minimum atomic E-state index is -0.138. The summed E-state index contributed by atoms with van der Waals surface area (Å²) in [5.74, 6) is -0.198. The highest BCUT2D eigenvalue weighted by Crippen LogP contribution is 2.22. The number of amides is 1. The number of hydrogen-bond donors (Lipinski definition) is 2. The van der Waals surface area contributed by atoms with E-state index in [2.05, 4.69) is 5.32 Å². The van der Waals surface area contributed by atoms with Crippen molar-refractivity contribution in [1.82, 2.24) is 5.32 Å². The molecule has 0 spiro atoms. The number of halogens is 1. The molecular formula is C13H18ClNO3S. The van der Waals surface area contributed by atoms with Crippen LogP contribution in [-0.2, 0) is 4.79 Å². The molecule has 0 saturated carbocycles. The van der Waals surface area contributed by atoms with Crippen molar-refractivity contribution in [1.29, 1.82) is 0 Å². The highest BCUT2D eigenvalue weighted by atomic mass is 35.5. The van der Waals surface area contributed by atoms with Gasteiger partial charge in [0.05, 0.1) is 9.21 Å². The van der Waals surface area contributed by atoms with Crippen LogP contribution >= 0.6 is 22.9 Å². The molecule has 1 unspecified atom stereocenters. The number of aliphatic hydroxyl groups excluding tert-OH is 1. The molecule has 1 atom stereocenters. The van der Waals surface area contributed by atoms with Crippen LogP contribution in [-0.4, -0.2) is 29.4 Å². The van der Waals surface area contributed by atoms with Crippen LogP contribution in [0.25, 0.3) is 0 Å². The average molecular weight is 304 g/mol. The molecule has 19 heavy (non-hydrogen) atoms. The summed E-state index contributed by atoms with van der Waals surface area (Å²) in [4.78, 5) is 24.0. The molecule has 1 rings (SSSR count). The van der Waals surface area contributed by atoms with Crippen LogP contribution in [0.5, 0.6) is 0 Å². The number of rotatable bonds is 8. The Balaban J connectivity index is 2.28. The van der Waals surface area contributed by atoms with Gasteiger partial charge in [-0.25, -0.2) is 0 Å². The van der Waals surface area contributed by atoms with E-state index in [-0.39, 0.29) is 37.2 Å². The van der Waals surface area contributed by atoms with Crippen molar-refractivity contribution in [3.63, 3.8) is 0 Å². The van der Waals surface area contributed by atoms with E-state index in [1.807, 2.05) is 6.92 Å². The Morgan fingerprint density at radius 2 is 2.16 bits per heavy atom. The predicted octanol–water partition coefficient (Wildman–Crippen LogP) is 2.64. The summed E-state index contributed by atoms with van der Waals surface area (Å²) in [6, 6.07) is 3.37. The van der Waals surface area contributed by atoms with Gasteiger partial charge in [-0.1, -0.05) is 11.6 Å². The Hall–Kier alpha value is -0.910. The second-order valence-electron chi connectivity index (χ2n) is 4.36. The van der Waals surface area contributed by atoms with Gasteiger partial charge in [-0.15, -0.1) is 11.3 Å². The second kappa shape index (κ2) is 8.30. The SMILES string of the molecule is CC(CCCO)NC(=O)CCC(=O)c1ccc(Cl)s1. The summed E-state index contributed by atoms with van der Waals surface area (Å²) in [7, 11) is 0. The molecule has 1 aromatic heterocycles. The van der Waals surface area contributed by atoms with Gasteiger partial charge in [-0.05, 0) is 31.9 Å². The monoisotopic (exact) mass is 303 g/mol. The number of aliphatic hydroxyl groups is 1. The Bertz CT molecular complexity index is 433. The summed E-state index contributed by atoms with van der Waals surface area (Å²) in [6.07, 6.45) is 1.76. The molecule has 106 valence electrons. The van der Waals surface area contributed by atoms with Crippen LogP contribution in [0.1, 0.15) is 42.3 Å². The largest absolute Gasteiger partial charge is 0.396 e. The number of hydrogen-bond acceptors (Lipinski definition) is 4. The van der Waals surface area contributed by atoms with E-state index < -0.39 is 0 Å². The maximum Gasteiger partial charge on any atom is 0.220 e. The molecule has 0 bridgehead atoms. The zero-order valence-corrected chi connectivity index (χ0v) is 12.4. The second-order valence-corrected chi connectivity index (χ2v) is 6.08. The maximum absolute atomic E-state index is 11.8. The molecule has 6 heteroatoms. The summed E-state index contributed by atoms with van der Waals surface area (Å²) in [5.41, 5.74) is 0. The molecule has 0 aliphatic rings. The van der Waals surface area contributed by atoms with E-state index in [4.69, 9.17) is 16.7 Å². The fourth-order valence-electron chi connectivity index (χ4n) is 1.63. The Kier molecular flexibility index (Phi) is 7.05. The number of Topliss-reactive ketones (excluding diaryl/α,β-unsaturated/α-hetero) is 1. The normalized spacial score (nSPS) is 12.2. The lowest BCUT2D eigenvalue weighted by Crippen LogP contribution is -2.32. The van der Waals surface area contributed by atoms with Gasteiger partial charge in [0.15, 0.2) is 5.78 Å². The number of ketones is 1. The van der Waals surface area contributed by atoms with Gasteiger partial charge in [0.1, 0.15) is 0 Å². The van der Waals surface area contributed by atoms with Crippen LogP contribution in [0.2, 0.25) is 4.34 Å². The van der Waals surface area contributed by atoms with Crippen LogP contribution < -0.4 is 5.32 Å². The van der Waals surface area contributed by atoms with Gasteiger partial charge in [-0.3, -0.25) is 9.59 Å². The number of carbonyl (C=O) groups excluding carboxylic acids is 2. The Labute approximate surface area is 121 Å². The molecule has 1 amide bonds. The highest BCUT2D eigenvalue weighted by Gasteiger charge is 2.12. The predicted molar refractivity (Wildman–Crippen MR) is 76.8 cm³/mol. The maximum atomic E-state index is 11.8. The summed E-state index contributed by atoms with van der Waals surface area (Å²) < 4.78 is 0.574. The molecule has 4 nitrogen and oxygen atoms in total. The minimum absolute atomic E-state index is 0.0194. The standard InChI is InChI=1S/C13H18ClNO3S/c1-9(3-2-8-16)15-13(18)7-4-10(17)11-5-6-12(14)19-11/h5-6,9,16H,2-4,7-8H2,1H3,(H,15,18). The van der Waals surface area contributed by atoms with Gasteiger partial charge in [0.25, 0.3) is 0 Å².